The quantitative estimate of drug-likeness (QED) is 0.425. The van der Waals surface area contributed by atoms with Gasteiger partial charge in [0.05, 0.1) is 5.69 Å². The molecule has 9 heteroatoms. The zero-order valence-electron chi connectivity index (χ0n) is 18.3. The van der Waals surface area contributed by atoms with Crippen LogP contribution in [-0.4, -0.2) is 37.7 Å². The number of anilines is 4. The third-order valence-corrected chi connectivity index (χ3v) is 4.81. The van der Waals surface area contributed by atoms with E-state index in [0.717, 1.165) is 22.5 Å². The smallest absolute Gasteiger partial charge is 0.274 e. The summed E-state index contributed by atoms with van der Waals surface area (Å²) in [5.41, 5.74) is 3.80. The Bertz CT molecular complexity index is 1280. The highest BCUT2D eigenvalue weighted by molar-refractivity contribution is 6.03. The van der Waals surface area contributed by atoms with Gasteiger partial charge in [-0.3, -0.25) is 4.79 Å². The van der Waals surface area contributed by atoms with E-state index in [0.29, 0.717) is 29.0 Å². The van der Waals surface area contributed by atoms with Crippen LogP contribution in [0.25, 0.3) is 5.82 Å². The van der Waals surface area contributed by atoms with E-state index < -0.39 is 0 Å². The highest BCUT2D eigenvalue weighted by Gasteiger charge is 2.14. The first kappa shape index (κ1) is 21.0. The summed E-state index contributed by atoms with van der Waals surface area (Å²) in [5.74, 6) is 2.24. The van der Waals surface area contributed by atoms with Crippen molar-refractivity contribution in [1.29, 1.82) is 0 Å². The predicted octanol–water partition coefficient (Wildman–Crippen LogP) is 4.02. The first-order chi connectivity index (χ1) is 15.4. The number of benzene rings is 1. The van der Waals surface area contributed by atoms with Crippen molar-refractivity contribution in [3.05, 3.63) is 77.4 Å². The first-order valence-electron chi connectivity index (χ1n) is 10.1. The molecule has 3 heterocycles. The van der Waals surface area contributed by atoms with Crippen LogP contribution in [-0.2, 0) is 0 Å². The maximum Gasteiger partial charge on any atom is 0.274 e. The number of carbonyl (C=O) groups is 1. The lowest BCUT2D eigenvalue weighted by molar-refractivity contribution is 0.102. The molecule has 3 N–H and O–H groups in total. The Hall–Kier alpha value is -4.27. The number of rotatable bonds is 6. The van der Waals surface area contributed by atoms with Gasteiger partial charge in [-0.1, -0.05) is 18.2 Å². The molecule has 1 amide bonds. The molecule has 0 atom stereocenters. The number of hydrogen-bond acceptors (Lipinski definition) is 7. The highest BCUT2D eigenvalue weighted by atomic mass is 16.1. The van der Waals surface area contributed by atoms with Gasteiger partial charge < -0.3 is 16.0 Å². The Labute approximate surface area is 186 Å². The average molecular weight is 429 g/mol. The molecule has 1 aromatic carbocycles. The Morgan fingerprint density at radius 2 is 1.84 bits per heavy atom. The third kappa shape index (κ3) is 4.56. The van der Waals surface area contributed by atoms with Crippen molar-refractivity contribution in [3.63, 3.8) is 0 Å². The molecule has 32 heavy (non-hydrogen) atoms. The van der Waals surface area contributed by atoms with E-state index in [2.05, 4.69) is 36.0 Å². The number of nitrogens with zero attached hydrogens (tertiary/aromatic N) is 5. The fourth-order valence-corrected chi connectivity index (χ4v) is 3.18. The summed E-state index contributed by atoms with van der Waals surface area (Å²) in [5, 5.41) is 13.7. The molecule has 4 aromatic rings. The lowest BCUT2D eigenvalue weighted by atomic mass is 10.2. The van der Waals surface area contributed by atoms with Crippen molar-refractivity contribution < 1.29 is 4.79 Å². The van der Waals surface area contributed by atoms with Crippen LogP contribution in [0.1, 0.15) is 27.3 Å². The first-order valence-corrected chi connectivity index (χ1v) is 10.1. The van der Waals surface area contributed by atoms with Crippen molar-refractivity contribution in [2.75, 3.05) is 23.0 Å². The fourth-order valence-electron chi connectivity index (χ4n) is 3.18. The van der Waals surface area contributed by atoms with E-state index in [1.807, 2.05) is 57.2 Å². The van der Waals surface area contributed by atoms with Crippen LogP contribution in [0.5, 0.6) is 0 Å². The molecule has 0 spiro atoms. The van der Waals surface area contributed by atoms with E-state index in [1.165, 1.54) is 6.33 Å². The summed E-state index contributed by atoms with van der Waals surface area (Å²) >= 11 is 0. The minimum absolute atomic E-state index is 0.280. The number of amides is 1. The number of pyridine rings is 1. The van der Waals surface area contributed by atoms with Crippen molar-refractivity contribution in [2.24, 2.45) is 0 Å². The van der Waals surface area contributed by atoms with Crippen molar-refractivity contribution >= 4 is 29.0 Å². The van der Waals surface area contributed by atoms with Crippen LogP contribution < -0.4 is 16.0 Å². The molecule has 0 radical (unpaired) electrons. The van der Waals surface area contributed by atoms with Gasteiger partial charge in [0.25, 0.3) is 5.91 Å². The second-order valence-electron chi connectivity index (χ2n) is 7.40. The Morgan fingerprint density at radius 3 is 2.62 bits per heavy atom. The summed E-state index contributed by atoms with van der Waals surface area (Å²) in [6, 6.07) is 14.9. The van der Waals surface area contributed by atoms with Gasteiger partial charge in [-0.2, -0.15) is 9.78 Å². The van der Waals surface area contributed by atoms with Crippen LogP contribution in [0.4, 0.5) is 23.1 Å². The van der Waals surface area contributed by atoms with E-state index in [9.17, 15) is 4.79 Å². The van der Waals surface area contributed by atoms with Crippen molar-refractivity contribution in [3.8, 4) is 5.82 Å². The molecule has 0 aliphatic rings. The molecule has 4 rings (SSSR count). The zero-order chi connectivity index (χ0) is 22.7. The van der Waals surface area contributed by atoms with E-state index in [-0.39, 0.29) is 5.91 Å². The SMILES string of the molecule is CNc1cc(-n2nc(C)cc2Nc2nc(C(=O)Nc3cccc(C)c3)ccc2C)ncn1. The Morgan fingerprint density at radius 1 is 1.00 bits per heavy atom. The Kier molecular flexibility index (Phi) is 5.80. The number of carbonyl (C=O) groups excluding carboxylic acids is 1. The summed E-state index contributed by atoms with van der Waals surface area (Å²) in [7, 11) is 1.79. The van der Waals surface area contributed by atoms with Gasteiger partial charge in [-0.15, -0.1) is 0 Å². The topological polar surface area (TPSA) is 110 Å². The second-order valence-corrected chi connectivity index (χ2v) is 7.40. The second kappa shape index (κ2) is 8.84. The third-order valence-electron chi connectivity index (χ3n) is 4.81. The average Bonchev–Trinajstić information content (AvgIpc) is 3.15. The summed E-state index contributed by atoms with van der Waals surface area (Å²) in [6.07, 6.45) is 1.47. The number of nitrogens with one attached hydrogen (secondary N) is 3. The molecule has 0 bridgehead atoms. The van der Waals surface area contributed by atoms with Crippen molar-refractivity contribution in [2.45, 2.75) is 20.8 Å². The predicted molar refractivity (Wildman–Crippen MR) is 125 cm³/mol. The van der Waals surface area contributed by atoms with E-state index in [4.69, 9.17) is 0 Å². The molecule has 0 saturated carbocycles. The van der Waals surface area contributed by atoms with Crippen LogP contribution in [0.3, 0.4) is 0 Å². The molecule has 0 unspecified atom stereocenters. The van der Waals surface area contributed by atoms with Crippen LogP contribution in [0.2, 0.25) is 0 Å². The number of hydrogen-bond donors (Lipinski definition) is 3. The molecular formula is C23H24N8O. The molecule has 0 saturated heterocycles. The van der Waals surface area contributed by atoms with E-state index >= 15 is 0 Å². The molecule has 0 aliphatic carbocycles. The van der Waals surface area contributed by atoms with Crippen LogP contribution >= 0.6 is 0 Å². The van der Waals surface area contributed by atoms with Gasteiger partial charge in [-0.25, -0.2) is 15.0 Å². The number of aromatic nitrogens is 5. The molecule has 0 aliphatic heterocycles. The molecule has 3 aromatic heterocycles. The maximum absolute atomic E-state index is 12.8. The number of aryl methyl sites for hydroxylation is 3. The summed E-state index contributed by atoms with van der Waals surface area (Å²) in [4.78, 5) is 25.8. The van der Waals surface area contributed by atoms with Gasteiger partial charge in [0.15, 0.2) is 5.82 Å². The lowest BCUT2D eigenvalue weighted by Crippen LogP contribution is -2.15. The van der Waals surface area contributed by atoms with Gasteiger partial charge in [-0.05, 0) is 50.1 Å². The molecule has 9 nitrogen and oxygen atoms in total. The molecule has 0 fully saturated rings. The lowest BCUT2D eigenvalue weighted by Gasteiger charge is -2.12. The largest absolute Gasteiger partial charge is 0.373 e. The molecule has 162 valence electrons. The minimum Gasteiger partial charge on any atom is -0.373 e. The maximum atomic E-state index is 12.8. The van der Waals surface area contributed by atoms with Gasteiger partial charge >= 0.3 is 0 Å². The van der Waals surface area contributed by atoms with Gasteiger partial charge in [0.2, 0.25) is 0 Å². The summed E-state index contributed by atoms with van der Waals surface area (Å²) < 4.78 is 1.68. The van der Waals surface area contributed by atoms with Gasteiger partial charge in [0.1, 0.15) is 29.5 Å². The fraction of sp³-hybridized carbons (Fsp3) is 0.174. The minimum atomic E-state index is -0.280. The summed E-state index contributed by atoms with van der Waals surface area (Å²) in [6.45, 7) is 5.80. The van der Waals surface area contributed by atoms with Crippen molar-refractivity contribution in [1.82, 2.24) is 24.7 Å². The normalized spacial score (nSPS) is 10.6. The van der Waals surface area contributed by atoms with Crippen LogP contribution in [0, 0.1) is 20.8 Å². The van der Waals surface area contributed by atoms with Crippen LogP contribution in [0.15, 0.2) is 54.9 Å². The zero-order valence-corrected chi connectivity index (χ0v) is 18.3. The highest BCUT2D eigenvalue weighted by Crippen LogP contribution is 2.23. The standard InChI is InChI=1S/C23H24N8O/c1-14-6-5-7-17(10-14)27-23(32)18-9-8-15(2)22(28-18)29-21-11-16(3)30-31(21)20-12-19(24-4)25-13-26-20/h5-13H,1-4H3,(H,27,32)(H,28,29)(H,24,25,26). The molecular weight excluding hydrogens is 404 g/mol. The van der Waals surface area contributed by atoms with Gasteiger partial charge in [0, 0.05) is 24.9 Å². The Balaban J connectivity index is 1.62. The monoisotopic (exact) mass is 428 g/mol. The van der Waals surface area contributed by atoms with E-state index in [1.54, 1.807) is 23.9 Å².